The standard InChI is InChI=1S/C21H27F6N5O2/c1-11-3-16(13-4-15(7-28-5-13)34-10-21(25,26)27)30-18-12(2)32(19(33)17(11)18)14-6-29-31(8-14)9-20(22,23)24/h5-6,11-17H,3-4,7-10H2,1-2H3/t11?,12-,13?,14?,15?,16?,17?/m1/s1. The van der Waals surface area contributed by atoms with Gasteiger partial charge in [-0.1, -0.05) is 6.92 Å². The highest BCUT2D eigenvalue weighted by Gasteiger charge is 2.51. The first kappa shape index (κ1) is 24.9. The molecule has 7 nitrogen and oxygen atoms in total. The summed E-state index contributed by atoms with van der Waals surface area (Å²) in [5, 5.41) is 4.73. The molecule has 1 saturated heterocycles. The maximum absolute atomic E-state index is 13.2. The van der Waals surface area contributed by atoms with Gasteiger partial charge in [0.25, 0.3) is 0 Å². The Morgan fingerprint density at radius 3 is 2.50 bits per heavy atom. The Morgan fingerprint density at radius 2 is 1.82 bits per heavy atom. The molecule has 0 saturated carbocycles. The van der Waals surface area contributed by atoms with E-state index in [0.29, 0.717) is 18.6 Å². The zero-order chi connectivity index (χ0) is 24.8. The number of ether oxygens (including phenoxy) is 1. The second-order valence-electron chi connectivity index (χ2n) is 9.49. The topological polar surface area (TPSA) is 69.9 Å². The van der Waals surface area contributed by atoms with Crippen molar-refractivity contribution < 1.29 is 35.9 Å². The van der Waals surface area contributed by atoms with Gasteiger partial charge in [0, 0.05) is 24.1 Å². The van der Waals surface area contributed by atoms with E-state index < -0.39 is 49.6 Å². The lowest BCUT2D eigenvalue weighted by molar-refractivity contribution is -0.185. The van der Waals surface area contributed by atoms with Crippen molar-refractivity contribution in [2.75, 3.05) is 26.2 Å². The smallest absolute Gasteiger partial charge is 0.367 e. The molecule has 4 aliphatic heterocycles. The van der Waals surface area contributed by atoms with Crippen molar-refractivity contribution in [3.05, 3.63) is 0 Å². The third-order valence-electron chi connectivity index (χ3n) is 6.82. The van der Waals surface area contributed by atoms with Gasteiger partial charge in [-0.2, -0.15) is 31.4 Å². The SMILES string of the molecule is CC1CC(C2C=NCC(OCC(F)(F)F)C2)N=C2C1C(=O)N(C1C=NN(CC(F)(F)F)C1)[C@@H]2C. The molecule has 190 valence electrons. The van der Waals surface area contributed by atoms with Crippen LogP contribution in [-0.2, 0) is 9.53 Å². The Kier molecular flexibility index (Phi) is 6.69. The number of nitrogens with zero attached hydrogens (tertiary/aromatic N) is 5. The summed E-state index contributed by atoms with van der Waals surface area (Å²) in [7, 11) is 0. The zero-order valence-corrected chi connectivity index (χ0v) is 18.8. The molecule has 0 aromatic carbocycles. The molecule has 13 heteroatoms. The van der Waals surface area contributed by atoms with Crippen molar-refractivity contribution in [3.8, 4) is 0 Å². The summed E-state index contributed by atoms with van der Waals surface area (Å²) in [6.45, 7) is 1.34. The minimum atomic E-state index is -4.41. The van der Waals surface area contributed by atoms with E-state index in [2.05, 4.69) is 10.1 Å². The molecule has 0 spiro atoms. The Bertz CT molecular complexity index is 873. The van der Waals surface area contributed by atoms with E-state index >= 15 is 0 Å². The summed E-state index contributed by atoms with van der Waals surface area (Å²) in [5.41, 5.74) is 0.670. The maximum Gasteiger partial charge on any atom is 0.411 e. The molecule has 0 aliphatic carbocycles. The van der Waals surface area contributed by atoms with Gasteiger partial charge >= 0.3 is 12.4 Å². The van der Waals surface area contributed by atoms with Gasteiger partial charge in [0.1, 0.15) is 13.2 Å². The van der Waals surface area contributed by atoms with Crippen LogP contribution >= 0.6 is 0 Å². The Labute approximate surface area is 192 Å². The summed E-state index contributed by atoms with van der Waals surface area (Å²) < 4.78 is 80.7. The molecular formula is C21H27F6N5O2. The Balaban J connectivity index is 1.45. The van der Waals surface area contributed by atoms with E-state index in [1.807, 2.05) is 6.92 Å². The van der Waals surface area contributed by atoms with Gasteiger partial charge in [-0.15, -0.1) is 0 Å². The van der Waals surface area contributed by atoms with Crippen molar-refractivity contribution in [1.82, 2.24) is 9.91 Å². The lowest BCUT2D eigenvalue weighted by Crippen LogP contribution is -2.46. The summed E-state index contributed by atoms with van der Waals surface area (Å²) in [6.07, 6.45) is -5.46. The highest BCUT2D eigenvalue weighted by Crippen LogP contribution is 2.39. The van der Waals surface area contributed by atoms with Crippen LogP contribution in [-0.4, -0.2) is 96.8 Å². The lowest BCUT2D eigenvalue weighted by atomic mass is 9.77. The number of aliphatic imine (C=N–C) groups is 2. The second kappa shape index (κ2) is 9.12. The van der Waals surface area contributed by atoms with Crippen molar-refractivity contribution in [3.63, 3.8) is 0 Å². The van der Waals surface area contributed by atoms with E-state index in [9.17, 15) is 31.1 Å². The highest BCUT2D eigenvalue weighted by molar-refractivity contribution is 6.14. The fraction of sp³-hybridized carbons (Fsp3) is 0.810. The average Bonchev–Trinajstić information content (AvgIpc) is 3.27. The summed E-state index contributed by atoms with van der Waals surface area (Å²) in [5.74, 6) is -0.929. The zero-order valence-electron chi connectivity index (χ0n) is 18.8. The molecule has 0 aromatic rings. The first-order valence-corrected chi connectivity index (χ1v) is 11.3. The van der Waals surface area contributed by atoms with E-state index in [-0.39, 0.29) is 36.9 Å². The number of hydrogen-bond acceptors (Lipinski definition) is 6. The molecule has 0 bridgehead atoms. The van der Waals surface area contributed by atoms with Crippen LogP contribution in [0.2, 0.25) is 0 Å². The number of carbonyl (C=O) groups excluding carboxylic acids is 1. The van der Waals surface area contributed by atoms with Gasteiger partial charge in [-0.3, -0.25) is 19.8 Å². The predicted molar refractivity (Wildman–Crippen MR) is 112 cm³/mol. The van der Waals surface area contributed by atoms with Crippen LogP contribution < -0.4 is 0 Å². The number of rotatable bonds is 5. The molecule has 6 unspecified atom stereocenters. The molecule has 0 radical (unpaired) electrons. The van der Waals surface area contributed by atoms with E-state index in [0.717, 1.165) is 5.01 Å². The number of amides is 1. The molecule has 0 aromatic heterocycles. The van der Waals surface area contributed by atoms with Gasteiger partial charge in [-0.25, -0.2) is 0 Å². The number of halogens is 6. The van der Waals surface area contributed by atoms with Gasteiger partial charge in [0.2, 0.25) is 5.91 Å². The molecule has 4 rings (SSSR count). The van der Waals surface area contributed by atoms with Crippen LogP contribution in [0.1, 0.15) is 26.7 Å². The first-order chi connectivity index (χ1) is 15.8. The normalized spacial score (nSPS) is 36.3. The van der Waals surface area contributed by atoms with E-state index in [1.54, 1.807) is 18.0 Å². The fourth-order valence-corrected chi connectivity index (χ4v) is 5.38. The number of likely N-dealkylation sites (tertiary alicyclic amines) is 1. The first-order valence-electron chi connectivity index (χ1n) is 11.3. The third kappa shape index (κ3) is 5.38. The molecule has 4 aliphatic rings. The number of hydrogen-bond donors (Lipinski definition) is 0. The summed E-state index contributed by atoms with van der Waals surface area (Å²) in [6, 6.07) is -1.25. The molecule has 34 heavy (non-hydrogen) atoms. The molecule has 4 heterocycles. The Hall–Kier alpha value is -2.18. The monoisotopic (exact) mass is 495 g/mol. The van der Waals surface area contributed by atoms with Crippen molar-refractivity contribution in [1.29, 1.82) is 0 Å². The summed E-state index contributed by atoms with van der Waals surface area (Å²) in [4.78, 5) is 23.8. The van der Waals surface area contributed by atoms with Crippen molar-refractivity contribution in [2.45, 2.75) is 63.3 Å². The van der Waals surface area contributed by atoms with Crippen LogP contribution in [0, 0.1) is 17.8 Å². The maximum atomic E-state index is 13.2. The van der Waals surface area contributed by atoms with Crippen LogP contribution in [0.5, 0.6) is 0 Å². The molecule has 0 N–H and O–H groups in total. The minimum Gasteiger partial charge on any atom is -0.367 e. The quantitative estimate of drug-likeness (QED) is 0.551. The Morgan fingerprint density at radius 1 is 1.09 bits per heavy atom. The van der Waals surface area contributed by atoms with Crippen LogP contribution in [0.3, 0.4) is 0 Å². The summed E-state index contributed by atoms with van der Waals surface area (Å²) >= 11 is 0. The fourth-order valence-electron chi connectivity index (χ4n) is 5.38. The number of carbonyl (C=O) groups is 1. The average molecular weight is 495 g/mol. The van der Waals surface area contributed by atoms with Crippen molar-refractivity contribution >= 4 is 24.0 Å². The molecule has 7 atom stereocenters. The molecule has 1 amide bonds. The number of hydrazone groups is 1. The van der Waals surface area contributed by atoms with Gasteiger partial charge in [0.15, 0.2) is 0 Å². The van der Waals surface area contributed by atoms with E-state index in [4.69, 9.17) is 9.73 Å². The van der Waals surface area contributed by atoms with Crippen LogP contribution in [0.25, 0.3) is 0 Å². The van der Waals surface area contributed by atoms with Gasteiger partial charge < -0.3 is 9.64 Å². The van der Waals surface area contributed by atoms with Crippen molar-refractivity contribution in [2.24, 2.45) is 32.8 Å². The predicted octanol–water partition coefficient (Wildman–Crippen LogP) is 2.95. The number of fused-ring (bicyclic) bond motifs is 1. The van der Waals surface area contributed by atoms with Crippen LogP contribution in [0.4, 0.5) is 26.3 Å². The number of alkyl halides is 6. The molecule has 1 fully saturated rings. The van der Waals surface area contributed by atoms with Gasteiger partial charge in [0.05, 0.1) is 43.2 Å². The largest absolute Gasteiger partial charge is 0.411 e. The lowest BCUT2D eigenvalue weighted by Gasteiger charge is -2.34. The minimum absolute atomic E-state index is 0.0408. The molecular weight excluding hydrogens is 468 g/mol. The van der Waals surface area contributed by atoms with E-state index in [1.165, 1.54) is 6.21 Å². The van der Waals surface area contributed by atoms with Crippen LogP contribution in [0.15, 0.2) is 15.1 Å². The second-order valence-corrected chi connectivity index (χ2v) is 9.49. The third-order valence-corrected chi connectivity index (χ3v) is 6.82. The van der Waals surface area contributed by atoms with Gasteiger partial charge in [-0.05, 0) is 25.7 Å². The highest BCUT2D eigenvalue weighted by atomic mass is 19.4.